The lowest BCUT2D eigenvalue weighted by atomic mass is 10.1. The molecule has 0 radical (unpaired) electrons. The highest BCUT2D eigenvalue weighted by atomic mass is 35.5. The Hall–Kier alpha value is -1.06. The van der Waals surface area contributed by atoms with E-state index >= 15 is 0 Å². The smallest absolute Gasteiger partial charge is 0.226 e. The Bertz CT molecular complexity index is 457. The van der Waals surface area contributed by atoms with Crippen molar-refractivity contribution in [2.45, 2.75) is 12.3 Å². The van der Waals surface area contributed by atoms with Gasteiger partial charge in [0.2, 0.25) is 5.91 Å². The van der Waals surface area contributed by atoms with E-state index in [0.717, 1.165) is 43.2 Å². The molecule has 1 heterocycles. The zero-order valence-corrected chi connectivity index (χ0v) is 11.0. The van der Waals surface area contributed by atoms with Gasteiger partial charge in [-0.3, -0.25) is 4.79 Å². The van der Waals surface area contributed by atoms with Gasteiger partial charge >= 0.3 is 0 Å². The highest BCUT2D eigenvalue weighted by Gasteiger charge is 2.46. The van der Waals surface area contributed by atoms with Crippen molar-refractivity contribution < 1.29 is 4.79 Å². The summed E-state index contributed by atoms with van der Waals surface area (Å²) < 4.78 is 0. The van der Waals surface area contributed by atoms with E-state index in [0.29, 0.717) is 11.8 Å². The third kappa shape index (κ3) is 2.25. The first-order valence-corrected chi connectivity index (χ1v) is 6.89. The summed E-state index contributed by atoms with van der Waals surface area (Å²) in [5, 5.41) is 4.06. The van der Waals surface area contributed by atoms with Gasteiger partial charge in [0, 0.05) is 37.1 Å². The Morgan fingerprint density at radius 1 is 1.28 bits per heavy atom. The van der Waals surface area contributed by atoms with Gasteiger partial charge in [0.15, 0.2) is 0 Å². The summed E-state index contributed by atoms with van der Waals surface area (Å²) in [6.45, 7) is 3.50. The molecule has 0 bridgehead atoms. The first-order chi connectivity index (χ1) is 8.77. The average molecular weight is 265 g/mol. The number of rotatable bonds is 2. The van der Waals surface area contributed by atoms with Crippen LogP contribution in [0.15, 0.2) is 24.3 Å². The Morgan fingerprint density at radius 2 is 2.00 bits per heavy atom. The number of nitrogens with zero attached hydrogens (tertiary/aromatic N) is 1. The van der Waals surface area contributed by atoms with E-state index in [4.69, 9.17) is 11.6 Å². The first kappa shape index (κ1) is 12.0. The molecule has 1 amide bonds. The second-order valence-corrected chi connectivity index (χ2v) is 5.45. The number of hydrogen-bond acceptors (Lipinski definition) is 2. The number of benzene rings is 1. The molecule has 3 rings (SSSR count). The van der Waals surface area contributed by atoms with Gasteiger partial charge in [0.1, 0.15) is 0 Å². The van der Waals surface area contributed by atoms with Crippen LogP contribution < -0.4 is 5.32 Å². The summed E-state index contributed by atoms with van der Waals surface area (Å²) in [6, 6.07) is 7.87. The lowest BCUT2D eigenvalue weighted by Crippen LogP contribution is -2.47. The van der Waals surface area contributed by atoms with Crippen LogP contribution in [0, 0.1) is 5.92 Å². The van der Waals surface area contributed by atoms with Crippen molar-refractivity contribution in [1.29, 1.82) is 0 Å². The van der Waals surface area contributed by atoms with Gasteiger partial charge in [-0.2, -0.15) is 0 Å². The van der Waals surface area contributed by atoms with E-state index in [1.54, 1.807) is 0 Å². The summed E-state index contributed by atoms with van der Waals surface area (Å²) in [4.78, 5) is 14.3. The SMILES string of the molecule is O=C([C@H]1C[C@H]1c1ccccc1Cl)N1CCNCC1. The van der Waals surface area contributed by atoms with Crippen molar-refractivity contribution in [2.75, 3.05) is 26.2 Å². The molecule has 0 aromatic heterocycles. The summed E-state index contributed by atoms with van der Waals surface area (Å²) in [5.41, 5.74) is 1.13. The largest absolute Gasteiger partial charge is 0.340 e. The molecule has 1 saturated heterocycles. The molecule has 0 spiro atoms. The minimum Gasteiger partial charge on any atom is -0.340 e. The van der Waals surface area contributed by atoms with E-state index in [2.05, 4.69) is 5.32 Å². The highest BCUT2D eigenvalue weighted by Crippen LogP contribution is 2.50. The number of halogens is 1. The Kier molecular flexibility index (Phi) is 3.27. The topological polar surface area (TPSA) is 32.3 Å². The van der Waals surface area contributed by atoms with Gasteiger partial charge < -0.3 is 10.2 Å². The Labute approximate surface area is 112 Å². The summed E-state index contributed by atoms with van der Waals surface area (Å²) in [7, 11) is 0. The fraction of sp³-hybridized carbons (Fsp3) is 0.500. The van der Waals surface area contributed by atoms with Crippen LogP contribution in [-0.4, -0.2) is 37.0 Å². The summed E-state index contributed by atoms with van der Waals surface area (Å²) in [6.07, 6.45) is 0.951. The maximum absolute atomic E-state index is 12.3. The van der Waals surface area contributed by atoms with Crippen LogP contribution in [-0.2, 0) is 4.79 Å². The molecule has 1 N–H and O–H groups in total. The first-order valence-electron chi connectivity index (χ1n) is 6.51. The van der Waals surface area contributed by atoms with Crippen LogP contribution in [0.3, 0.4) is 0 Å². The zero-order chi connectivity index (χ0) is 12.5. The van der Waals surface area contributed by atoms with Crippen LogP contribution in [0.25, 0.3) is 0 Å². The molecule has 1 aromatic carbocycles. The van der Waals surface area contributed by atoms with Crippen molar-refractivity contribution in [3.63, 3.8) is 0 Å². The molecule has 96 valence electrons. The third-order valence-electron chi connectivity index (χ3n) is 3.84. The molecular weight excluding hydrogens is 248 g/mol. The number of amides is 1. The van der Waals surface area contributed by atoms with Gasteiger partial charge in [0.25, 0.3) is 0 Å². The molecule has 1 saturated carbocycles. The van der Waals surface area contributed by atoms with Crippen molar-refractivity contribution in [3.8, 4) is 0 Å². The number of carbonyl (C=O) groups is 1. The van der Waals surface area contributed by atoms with E-state index in [1.165, 1.54) is 0 Å². The number of carbonyl (C=O) groups excluding carboxylic acids is 1. The molecule has 4 heteroatoms. The van der Waals surface area contributed by atoms with E-state index in [9.17, 15) is 4.79 Å². The van der Waals surface area contributed by atoms with Crippen LogP contribution in [0.5, 0.6) is 0 Å². The Balaban J connectivity index is 1.67. The van der Waals surface area contributed by atoms with Crippen LogP contribution in [0.1, 0.15) is 17.9 Å². The van der Waals surface area contributed by atoms with Crippen LogP contribution in [0.2, 0.25) is 5.02 Å². The summed E-state index contributed by atoms with van der Waals surface area (Å²) in [5.74, 6) is 0.797. The van der Waals surface area contributed by atoms with Gasteiger partial charge in [-0.05, 0) is 24.0 Å². The summed E-state index contributed by atoms with van der Waals surface area (Å²) >= 11 is 6.18. The molecule has 1 aliphatic heterocycles. The third-order valence-corrected chi connectivity index (χ3v) is 4.19. The molecule has 2 atom stereocenters. The minimum absolute atomic E-state index is 0.156. The number of piperazine rings is 1. The van der Waals surface area contributed by atoms with Crippen molar-refractivity contribution >= 4 is 17.5 Å². The van der Waals surface area contributed by atoms with Crippen molar-refractivity contribution in [1.82, 2.24) is 10.2 Å². The second kappa shape index (κ2) is 4.90. The maximum Gasteiger partial charge on any atom is 0.226 e. The molecule has 2 aliphatic rings. The lowest BCUT2D eigenvalue weighted by molar-refractivity contribution is -0.133. The number of nitrogens with one attached hydrogen (secondary N) is 1. The predicted octanol–water partition coefficient (Wildman–Crippen LogP) is 1.88. The van der Waals surface area contributed by atoms with Crippen LogP contribution >= 0.6 is 11.6 Å². The fourth-order valence-corrected chi connectivity index (χ4v) is 2.98. The monoisotopic (exact) mass is 264 g/mol. The molecule has 3 nitrogen and oxygen atoms in total. The molecule has 2 fully saturated rings. The van der Waals surface area contributed by atoms with Gasteiger partial charge in [-0.25, -0.2) is 0 Å². The number of hydrogen-bond donors (Lipinski definition) is 1. The fourth-order valence-electron chi connectivity index (χ4n) is 2.71. The van der Waals surface area contributed by atoms with Gasteiger partial charge in [-0.15, -0.1) is 0 Å². The van der Waals surface area contributed by atoms with Crippen molar-refractivity contribution in [3.05, 3.63) is 34.9 Å². The minimum atomic E-state index is 0.156. The molecule has 1 aromatic rings. The van der Waals surface area contributed by atoms with E-state index < -0.39 is 0 Å². The van der Waals surface area contributed by atoms with E-state index in [-0.39, 0.29) is 5.92 Å². The quantitative estimate of drug-likeness (QED) is 0.885. The molecule has 0 unspecified atom stereocenters. The van der Waals surface area contributed by atoms with Crippen LogP contribution in [0.4, 0.5) is 0 Å². The van der Waals surface area contributed by atoms with Gasteiger partial charge in [0.05, 0.1) is 0 Å². The zero-order valence-electron chi connectivity index (χ0n) is 10.2. The molecule has 18 heavy (non-hydrogen) atoms. The van der Waals surface area contributed by atoms with Crippen molar-refractivity contribution in [2.24, 2.45) is 5.92 Å². The normalized spacial score (nSPS) is 27.1. The second-order valence-electron chi connectivity index (χ2n) is 5.05. The van der Waals surface area contributed by atoms with Gasteiger partial charge in [-0.1, -0.05) is 29.8 Å². The predicted molar refractivity (Wildman–Crippen MR) is 71.7 cm³/mol. The average Bonchev–Trinajstić information content (AvgIpc) is 3.20. The molecule has 1 aliphatic carbocycles. The molecular formula is C14H17ClN2O. The standard InChI is InChI=1S/C14H17ClN2O/c15-13-4-2-1-3-10(13)11-9-12(11)14(18)17-7-5-16-6-8-17/h1-4,11-12,16H,5-9H2/t11-,12-/m0/s1. The van der Waals surface area contributed by atoms with E-state index in [1.807, 2.05) is 29.2 Å². The lowest BCUT2D eigenvalue weighted by Gasteiger charge is -2.27. The highest BCUT2D eigenvalue weighted by molar-refractivity contribution is 6.31. The maximum atomic E-state index is 12.3. The Morgan fingerprint density at radius 3 is 2.72 bits per heavy atom.